The van der Waals surface area contributed by atoms with Crippen LogP contribution in [0.25, 0.3) is 0 Å². The standard InChI is InChI=1S/C19H21FN2O/c1-13-9-10-18(16(20)11-13)22-19(23)12-21-17-8-4-6-14-5-2-3-7-15(14)17/h4,6,8-11,21H,2-3,5,7,12H2,1H3,(H,22,23). The van der Waals surface area contributed by atoms with Gasteiger partial charge >= 0.3 is 0 Å². The van der Waals surface area contributed by atoms with Crippen molar-refractivity contribution in [2.45, 2.75) is 32.6 Å². The van der Waals surface area contributed by atoms with Crippen molar-refractivity contribution in [1.82, 2.24) is 0 Å². The van der Waals surface area contributed by atoms with Crippen LogP contribution in [0.3, 0.4) is 0 Å². The van der Waals surface area contributed by atoms with E-state index in [1.807, 2.05) is 19.1 Å². The highest BCUT2D eigenvalue weighted by Gasteiger charge is 2.13. The molecular weight excluding hydrogens is 291 g/mol. The number of amides is 1. The van der Waals surface area contributed by atoms with E-state index in [1.165, 1.54) is 30.0 Å². The van der Waals surface area contributed by atoms with Gasteiger partial charge in [0.15, 0.2) is 0 Å². The molecule has 0 heterocycles. The number of aryl methyl sites for hydroxylation is 2. The average Bonchev–Trinajstić information content (AvgIpc) is 2.55. The first-order chi connectivity index (χ1) is 11.1. The minimum Gasteiger partial charge on any atom is -0.376 e. The van der Waals surface area contributed by atoms with Crippen molar-refractivity contribution in [2.75, 3.05) is 17.2 Å². The van der Waals surface area contributed by atoms with Crippen molar-refractivity contribution in [1.29, 1.82) is 0 Å². The predicted molar refractivity (Wildman–Crippen MR) is 91.3 cm³/mol. The van der Waals surface area contributed by atoms with Gasteiger partial charge < -0.3 is 10.6 Å². The number of benzene rings is 2. The monoisotopic (exact) mass is 312 g/mol. The van der Waals surface area contributed by atoms with Gasteiger partial charge in [0, 0.05) is 5.69 Å². The molecule has 1 amide bonds. The molecule has 0 bridgehead atoms. The molecular formula is C19H21FN2O. The molecule has 2 N–H and O–H groups in total. The second-order valence-electron chi connectivity index (χ2n) is 6.04. The van der Waals surface area contributed by atoms with Crippen molar-refractivity contribution < 1.29 is 9.18 Å². The van der Waals surface area contributed by atoms with Crippen molar-refractivity contribution >= 4 is 17.3 Å². The molecule has 0 saturated heterocycles. The molecule has 0 saturated carbocycles. The van der Waals surface area contributed by atoms with E-state index >= 15 is 0 Å². The largest absolute Gasteiger partial charge is 0.376 e. The summed E-state index contributed by atoms with van der Waals surface area (Å²) in [6.07, 6.45) is 4.56. The quantitative estimate of drug-likeness (QED) is 0.894. The maximum atomic E-state index is 13.8. The summed E-state index contributed by atoms with van der Waals surface area (Å²) in [4.78, 5) is 12.1. The van der Waals surface area contributed by atoms with Gasteiger partial charge in [0.25, 0.3) is 0 Å². The molecule has 23 heavy (non-hydrogen) atoms. The molecule has 0 aliphatic heterocycles. The normalized spacial score (nSPS) is 13.3. The Morgan fingerprint density at radius 1 is 1.13 bits per heavy atom. The lowest BCUT2D eigenvalue weighted by atomic mass is 9.90. The molecule has 0 fully saturated rings. The predicted octanol–water partition coefficient (Wildman–Crippen LogP) is 4.06. The minimum absolute atomic E-state index is 0.129. The summed E-state index contributed by atoms with van der Waals surface area (Å²) in [7, 11) is 0. The Hall–Kier alpha value is -2.36. The van der Waals surface area contributed by atoms with Crippen LogP contribution in [-0.2, 0) is 17.6 Å². The zero-order chi connectivity index (χ0) is 16.2. The minimum atomic E-state index is -0.407. The molecule has 3 rings (SSSR count). The molecule has 0 unspecified atom stereocenters. The third-order valence-corrected chi connectivity index (χ3v) is 4.23. The fourth-order valence-corrected chi connectivity index (χ4v) is 3.04. The second-order valence-corrected chi connectivity index (χ2v) is 6.04. The highest BCUT2D eigenvalue weighted by Crippen LogP contribution is 2.27. The van der Waals surface area contributed by atoms with Crippen LogP contribution < -0.4 is 10.6 Å². The maximum absolute atomic E-state index is 13.8. The zero-order valence-electron chi connectivity index (χ0n) is 13.3. The molecule has 0 atom stereocenters. The van der Waals surface area contributed by atoms with Gasteiger partial charge in [-0.2, -0.15) is 0 Å². The van der Waals surface area contributed by atoms with Crippen LogP contribution in [0.5, 0.6) is 0 Å². The Morgan fingerprint density at radius 2 is 1.96 bits per heavy atom. The third-order valence-electron chi connectivity index (χ3n) is 4.23. The van der Waals surface area contributed by atoms with E-state index in [2.05, 4.69) is 16.7 Å². The molecule has 1 aliphatic rings. The van der Waals surface area contributed by atoms with Crippen molar-refractivity contribution in [3.05, 3.63) is 58.9 Å². The van der Waals surface area contributed by atoms with Gasteiger partial charge in [-0.1, -0.05) is 18.2 Å². The van der Waals surface area contributed by atoms with Gasteiger partial charge in [-0.3, -0.25) is 4.79 Å². The summed E-state index contributed by atoms with van der Waals surface area (Å²) in [5.74, 6) is -0.656. The lowest BCUT2D eigenvalue weighted by Crippen LogP contribution is -2.23. The van der Waals surface area contributed by atoms with Crippen LogP contribution in [0.4, 0.5) is 15.8 Å². The highest BCUT2D eigenvalue weighted by atomic mass is 19.1. The number of nitrogens with one attached hydrogen (secondary N) is 2. The average molecular weight is 312 g/mol. The zero-order valence-corrected chi connectivity index (χ0v) is 13.3. The molecule has 0 spiro atoms. The fraction of sp³-hybridized carbons (Fsp3) is 0.316. The van der Waals surface area contributed by atoms with Crippen LogP contribution in [-0.4, -0.2) is 12.5 Å². The van der Waals surface area contributed by atoms with E-state index < -0.39 is 5.82 Å². The van der Waals surface area contributed by atoms with Gasteiger partial charge in [-0.25, -0.2) is 4.39 Å². The number of hydrogen-bond acceptors (Lipinski definition) is 2. The highest BCUT2D eigenvalue weighted by molar-refractivity contribution is 5.94. The molecule has 120 valence electrons. The molecule has 4 heteroatoms. The van der Waals surface area contributed by atoms with Gasteiger partial charge in [0.1, 0.15) is 5.82 Å². The molecule has 3 nitrogen and oxygen atoms in total. The number of carbonyl (C=O) groups excluding carboxylic acids is 1. The molecule has 2 aromatic rings. The summed E-state index contributed by atoms with van der Waals surface area (Å²) in [5, 5.41) is 5.80. The second kappa shape index (κ2) is 6.82. The smallest absolute Gasteiger partial charge is 0.243 e. The van der Waals surface area contributed by atoms with Crippen molar-refractivity contribution in [3.8, 4) is 0 Å². The first kappa shape index (κ1) is 15.5. The van der Waals surface area contributed by atoms with Crippen LogP contribution >= 0.6 is 0 Å². The molecule has 1 aliphatic carbocycles. The Bertz CT molecular complexity index is 727. The van der Waals surface area contributed by atoms with E-state index in [-0.39, 0.29) is 18.1 Å². The molecule has 2 aromatic carbocycles. The number of hydrogen-bond donors (Lipinski definition) is 2. The lowest BCUT2D eigenvalue weighted by Gasteiger charge is -2.20. The van der Waals surface area contributed by atoms with E-state index in [4.69, 9.17) is 0 Å². The fourth-order valence-electron chi connectivity index (χ4n) is 3.04. The van der Waals surface area contributed by atoms with Gasteiger partial charge in [-0.05, 0) is 67.5 Å². The van der Waals surface area contributed by atoms with E-state index in [0.29, 0.717) is 0 Å². The van der Waals surface area contributed by atoms with Crippen LogP contribution in [0.1, 0.15) is 29.5 Å². The number of halogens is 1. The topological polar surface area (TPSA) is 41.1 Å². The van der Waals surface area contributed by atoms with E-state index in [9.17, 15) is 9.18 Å². The van der Waals surface area contributed by atoms with Gasteiger partial charge in [0.05, 0.1) is 12.2 Å². The summed E-state index contributed by atoms with van der Waals surface area (Å²) in [6, 6.07) is 11.0. The van der Waals surface area contributed by atoms with Gasteiger partial charge in [-0.15, -0.1) is 0 Å². The third kappa shape index (κ3) is 3.70. The van der Waals surface area contributed by atoms with E-state index in [1.54, 1.807) is 12.1 Å². The SMILES string of the molecule is Cc1ccc(NC(=O)CNc2cccc3c2CCCC3)c(F)c1. The van der Waals surface area contributed by atoms with Crippen LogP contribution in [0.2, 0.25) is 0 Å². The van der Waals surface area contributed by atoms with Crippen molar-refractivity contribution in [2.24, 2.45) is 0 Å². The van der Waals surface area contributed by atoms with Crippen molar-refractivity contribution in [3.63, 3.8) is 0 Å². The Labute approximate surface area is 135 Å². The lowest BCUT2D eigenvalue weighted by molar-refractivity contribution is -0.114. The number of carbonyl (C=O) groups is 1. The Balaban J connectivity index is 1.63. The number of fused-ring (bicyclic) bond motifs is 1. The van der Waals surface area contributed by atoms with E-state index in [0.717, 1.165) is 24.1 Å². The Kier molecular flexibility index (Phi) is 4.60. The van der Waals surface area contributed by atoms with Crippen LogP contribution in [0, 0.1) is 12.7 Å². The first-order valence-corrected chi connectivity index (χ1v) is 8.04. The molecule has 0 aromatic heterocycles. The summed E-state index contributed by atoms with van der Waals surface area (Å²) in [5.41, 5.74) is 4.74. The Morgan fingerprint density at radius 3 is 2.78 bits per heavy atom. The van der Waals surface area contributed by atoms with Gasteiger partial charge in [0.2, 0.25) is 5.91 Å². The number of anilines is 2. The molecule has 0 radical (unpaired) electrons. The summed E-state index contributed by atoms with van der Waals surface area (Å²) < 4.78 is 13.8. The van der Waals surface area contributed by atoms with Crippen LogP contribution in [0.15, 0.2) is 36.4 Å². The number of rotatable bonds is 4. The summed E-state index contributed by atoms with van der Waals surface area (Å²) >= 11 is 0. The maximum Gasteiger partial charge on any atom is 0.243 e. The first-order valence-electron chi connectivity index (χ1n) is 8.04. The summed E-state index contributed by atoms with van der Waals surface area (Å²) in [6.45, 7) is 1.94.